The molecule has 0 N–H and O–H groups in total. The molecule has 5 aromatic rings. The minimum absolute atomic E-state index is 0. The quantitative estimate of drug-likeness (QED) is 0.217. The Morgan fingerprint density at radius 2 is 0.951 bits per heavy atom. The molecule has 4 heteroatoms. The van der Waals surface area contributed by atoms with E-state index in [1.54, 1.807) is 0 Å². The highest BCUT2D eigenvalue weighted by atomic mass is 16.5. The third-order valence-electron chi connectivity index (χ3n) is 7.57. The van der Waals surface area contributed by atoms with Crippen LogP contribution >= 0.6 is 0 Å². The van der Waals surface area contributed by atoms with Gasteiger partial charge in [-0.05, 0) is 107 Å². The second-order valence-electron chi connectivity index (χ2n) is 10.7. The van der Waals surface area contributed by atoms with Crippen LogP contribution in [0.1, 0.15) is 51.0 Å². The molecule has 0 saturated heterocycles. The maximum atomic E-state index is 5.97. The van der Waals surface area contributed by atoms with Crippen LogP contribution in [0.15, 0.2) is 72.8 Å². The number of aromatic nitrogens is 1. The molecular formula is C37H51N3O. The van der Waals surface area contributed by atoms with Crippen molar-refractivity contribution in [3.05, 3.63) is 95.1 Å². The Labute approximate surface area is 249 Å². The molecule has 1 aliphatic rings. The number of aryl methyl sites for hydroxylation is 5. The summed E-state index contributed by atoms with van der Waals surface area (Å²) in [4.78, 5) is 4.42. The Hall–Kier alpha value is -3.76. The number of benzene rings is 4. The van der Waals surface area contributed by atoms with Gasteiger partial charge in [0.25, 0.3) is 0 Å². The van der Waals surface area contributed by atoms with E-state index >= 15 is 0 Å². The van der Waals surface area contributed by atoms with Gasteiger partial charge in [0, 0.05) is 35.9 Å². The van der Waals surface area contributed by atoms with Crippen molar-refractivity contribution in [1.82, 2.24) is 9.47 Å². The summed E-state index contributed by atoms with van der Waals surface area (Å²) in [5, 5.41) is 2.72. The van der Waals surface area contributed by atoms with Crippen LogP contribution in [0.5, 0.6) is 11.5 Å². The number of nitrogens with zero attached hydrogens (tertiary/aromatic N) is 3. The maximum absolute atomic E-state index is 5.97. The summed E-state index contributed by atoms with van der Waals surface area (Å²) in [6, 6.07) is 25.9. The number of ether oxygens (including phenoxy) is 1. The van der Waals surface area contributed by atoms with E-state index in [1.807, 2.05) is 0 Å². The van der Waals surface area contributed by atoms with Gasteiger partial charge in [-0.2, -0.15) is 0 Å². The van der Waals surface area contributed by atoms with Crippen LogP contribution in [0.2, 0.25) is 0 Å². The SMILES string of the molecule is C.C.CCN(C)CC.Cc1ccc2c(c1)Oc1cc(C)ccc1N2C.Cc1ccc2c(c1)c1cc(C)ccc1n2C. The summed E-state index contributed by atoms with van der Waals surface area (Å²) < 4.78 is 8.24. The predicted octanol–water partition coefficient (Wildman–Crippen LogP) is 10.4. The fourth-order valence-corrected chi connectivity index (χ4v) is 4.88. The standard InChI is InChI=1S/C15H15NO.C15H15N.C5H13N.2CH4/c1-10-4-6-12-14(8-10)17-15-9-11(2)5-7-13(15)16(12)3;1-10-4-6-14-12(8-10)13-9-11(2)5-7-15(13)16(14)3;1-4-6(3)5-2;;/h4-9H,1-3H3;4-9H,1-3H3;4-5H2,1-3H3;2*1H4. The fraction of sp³-hybridized carbons (Fsp3) is 0.351. The van der Waals surface area contributed by atoms with E-state index < -0.39 is 0 Å². The Morgan fingerprint density at radius 3 is 1.32 bits per heavy atom. The average molecular weight is 554 g/mol. The van der Waals surface area contributed by atoms with Crippen molar-refractivity contribution in [3.63, 3.8) is 0 Å². The van der Waals surface area contributed by atoms with Gasteiger partial charge in [0.15, 0.2) is 11.5 Å². The predicted molar refractivity (Wildman–Crippen MR) is 183 cm³/mol. The summed E-state index contributed by atoms with van der Waals surface area (Å²) in [5.41, 5.74) is 9.93. The average Bonchev–Trinajstić information content (AvgIpc) is 3.18. The molecule has 0 aliphatic carbocycles. The van der Waals surface area contributed by atoms with Crippen LogP contribution in [-0.2, 0) is 7.05 Å². The van der Waals surface area contributed by atoms with Gasteiger partial charge >= 0.3 is 0 Å². The number of anilines is 2. The van der Waals surface area contributed by atoms with Crippen LogP contribution in [-0.4, -0.2) is 36.7 Å². The number of rotatable bonds is 2. The molecule has 2 heterocycles. The molecule has 0 fully saturated rings. The van der Waals surface area contributed by atoms with Crippen molar-refractivity contribution < 1.29 is 4.74 Å². The third-order valence-corrected chi connectivity index (χ3v) is 7.57. The zero-order valence-electron chi connectivity index (χ0n) is 25.1. The lowest BCUT2D eigenvalue weighted by Gasteiger charge is -2.30. The molecule has 6 rings (SSSR count). The van der Waals surface area contributed by atoms with Crippen molar-refractivity contribution in [3.8, 4) is 11.5 Å². The molecule has 0 saturated carbocycles. The topological polar surface area (TPSA) is 20.6 Å². The largest absolute Gasteiger partial charge is 0.453 e. The van der Waals surface area contributed by atoms with Crippen LogP contribution in [0, 0.1) is 27.7 Å². The van der Waals surface area contributed by atoms with Gasteiger partial charge in [-0.25, -0.2) is 0 Å². The van der Waals surface area contributed by atoms with Gasteiger partial charge in [0.1, 0.15) is 0 Å². The first-order valence-corrected chi connectivity index (χ1v) is 13.9. The van der Waals surface area contributed by atoms with E-state index in [1.165, 1.54) is 44.1 Å². The first-order chi connectivity index (χ1) is 18.6. The fourth-order valence-electron chi connectivity index (χ4n) is 4.88. The van der Waals surface area contributed by atoms with E-state index in [9.17, 15) is 0 Å². The molecular weight excluding hydrogens is 502 g/mol. The maximum Gasteiger partial charge on any atom is 0.151 e. The molecule has 0 spiro atoms. The second kappa shape index (κ2) is 14.2. The second-order valence-corrected chi connectivity index (χ2v) is 10.7. The molecule has 0 amide bonds. The zero-order chi connectivity index (χ0) is 28.3. The first-order valence-electron chi connectivity index (χ1n) is 13.9. The van der Waals surface area contributed by atoms with E-state index in [0.29, 0.717) is 0 Å². The van der Waals surface area contributed by atoms with Gasteiger partial charge in [-0.1, -0.05) is 64.1 Å². The summed E-state index contributed by atoms with van der Waals surface area (Å²) in [6.07, 6.45) is 0. The Balaban J connectivity index is 0.000000232. The van der Waals surface area contributed by atoms with Crippen LogP contribution in [0.3, 0.4) is 0 Å². The molecule has 220 valence electrons. The molecule has 0 radical (unpaired) electrons. The molecule has 1 aromatic heterocycles. The monoisotopic (exact) mass is 553 g/mol. The molecule has 41 heavy (non-hydrogen) atoms. The molecule has 4 nitrogen and oxygen atoms in total. The molecule has 0 bridgehead atoms. The molecule has 0 unspecified atom stereocenters. The number of hydrogen-bond acceptors (Lipinski definition) is 3. The number of hydrogen-bond donors (Lipinski definition) is 0. The smallest absolute Gasteiger partial charge is 0.151 e. The Kier molecular flexibility index (Phi) is 11.6. The lowest BCUT2D eigenvalue weighted by Crippen LogP contribution is -2.15. The first kappa shape index (κ1) is 33.4. The van der Waals surface area contributed by atoms with Crippen molar-refractivity contribution in [2.75, 3.05) is 32.1 Å². The van der Waals surface area contributed by atoms with Gasteiger partial charge in [-0.3, -0.25) is 0 Å². The Bertz CT molecular complexity index is 1480. The summed E-state index contributed by atoms with van der Waals surface area (Å²) in [7, 11) is 6.32. The Morgan fingerprint density at radius 1 is 0.585 bits per heavy atom. The van der Waals surface area contributed by atoms with Crippen molar-refractivity contribution in [2.45, 2.75) is 56.4 Å². The minimum Gasteiger partial charge on any atom is -0.453 e. The van der Waals surface area contributed by atoms with E-state index in [4.69, 9.17) is 4.74 Å². The van der Waals surface area contributed by atoms with Gasteiger partial charge in [0.05, 0.1) is 11.4 Å². The van der Waals surface area contributed by atoms with Gasteiger partial charge in [-0.15, -0.1) is 0 Å². The zero-order valence-corrected chi connectivity index (χ0v) is 25.1. The van der Waals surface area contributed by atoms with Crippen LogP contribution in [0.25, 0.3) is 21.8 Å². The highest BCUT2D eigenvalue weighted by Crippen LogP contribution is 2.46. The minimum atomic E-state index is 0. The van der Waals surface area contributed by atoms with Crippen molar-refractivity contribution >= 4 is 33.2 Å². The van der Waals surface area contributed by atoms with Gasteiger partial charge in [0.2, 0.25) is 0 Å². The highest BCUT2D eigenvalue weighted by molar-refractivity contribution is 6.08. The summed E-state index contributed by atoms with van der Waals surface area (Å²) in [6.45, 7) is 15.1. The normalized spacial score (nSPS) is 11.2. The highest BCUT2D eigenvalue weighted by Gasteiger charge is 2.21. The van der Waals surface area contributed by atoms with E-state index in [2.05, 4.69) is 150 Å². The summed E-state index contributed by atoms with van der Waals surface area (Å²) >= 11 is 0. The third kappa shape index (κ3) is 7.31. The van der Waals surface area contributed by atoms with Gasteiger partial charge < -0.3 is 19.1 Å². The number of fused-ring (bicyclic) bond motifs is 5. The lowest BCUT2D eigenvalue weighted by atomic mass is 10.1. The molecule has 0 atom stereocenters. The van der Waals surface area contributed by atoms with Crippen molar-refractivity contribution in [2.24, 2.45) is 7.05 Å². The van der Waals surface area contributed by atoms with Crippen LogP contribution in [0.4, 0.5) is 11.4 Å². The van der Waals surface area contributed by atoms with E-state index in [0.717, 1.165) is 36.0 Å². The van der Waals surface area contributed by atoms with Crippen LogP contribution < -0.4 is 9.64 Å². The molecule has 1 aliphatic heterocycles. The van der Waals surface area contributed by atoms with Crippen molar-refractivity contribution in [1.29, 1.82) is 0 Å². The summed E-state index contributed by atoms with van der Waals surface area (Å²) in [5.74, 6) is 1.87. The van der Waals surface area contributed by atoms with E-state index in [-0.39, 0.29) is 14.9 Å². The lowest BCUT2D eigenvalue weighted by molar-refractivity contribution is 0.373. The molecule has 4 aromatic carbocycles.